The normalized spacial score (nSPS) is 15.6. The van der Waals surface area contributed by atoms with Crippen molar-refractivity contribution in [2.24, 2.45) is 0 Å². The number of allylic oxidation sites excluding steroid dienone is 1. The van der Waals surface area contributed by atoms with E-state index in [1.807, 2.05) is 54.3 Å². The second kappa shape index (κ2) is 8.98. The van der Waals surface area contributed by atoms with Crippen molar-refractivity contribution in [2.45, 2.75) is 6.92 Å². The van der Waals surface area contributed by atoms with Crippen LogP contribution in [0.15, 0.2) is 54.7 Å². The summed E-state index contributed by atoms with van der Waals surface area (Å²) in [5.74, 6) is -0.0476. The first-order chi connectivity index (χ1) is 14.2. The minimum absolute atomic E-state index is 0.0476. The third kappa shape index (κ3) is 4.52. The first-order valence-corrected chi connectivity index (χ1v) is 9.87. The van der Waals surface area contributed by atoms with Gasteiger partial charge in [0.25, 0.3) is 5.91 Å². The molecule has 29 heavy (non-hydrogen) atoms. The highest BCUT2D eigenvalue weighted by molar-refractivity contribution is 6.06. The molecule has 4 rings (SSSR count). The standard InChI is InChI=1S/C22H25N5O2/c1-17(21-19-8-5-9-23-22(19)25-24-21)16-20(28)27(18-6-3-2-4-7-18)11-10-26-12-14-29-15-13-26/h2-9,16H,10-15H2,1H3,(H,23,24,25)/b17-16+. The minimum atomic E-state index is -0.0476. The average Bonchev–Trinajstić information content (AvgIpc) is 3.20. The lowest BCUT2D eigenvalue weighted by Crippen LogP contribution is -2.43. The summed E-state index contributed by atoms with van der Waals surface area (Å²) < 4.78 is 5.42. The Balaban J connectivity index is 1.56. The Hall–Kier alpha value is -3.03. The highest BCUT2D eigenvalue weighted by Crippen LogP contribution is 2.22. The molecule has 1 aromatic carbocycles. The van der Waals surface area contributed by atoms with Crippen molar-refractivity contribution in [1.82, 2.24) is 20.1 Å². The molecule has 0 unspecified atom stereocenters. The Morgan fingerprint density at radius 1 is 1.21 bits per heavy atom. The number of hydrogen-bond donors (Lipinski definition) is 1. The monoisotopic (exact) mass is 391 g/mol. The molecule has 0 atom stereocenters. The fraction of sp³-hybridized carbons (Fsp3) is 0.318. The summed E-state index contributed by atoms with van der Waals surface area (Å²) in [5.41, 5.74) is 3.20. The van der Waals surface area contributed by atoms with Crippen molar-refractivity contribution in [3.63, 3.8) is 0 Å². The summed E-state index contributed by atoms with van der Waals surface area (Å²) in [6.45, 7) is 6.66. The van der Waals surface area contributed by atoms with Crippen LogP contribution in [0.1, 0.15) is 12.6 Å². The van der Waals surface area contributed by atoms with Crippen LogP contribution in [0.4, 0.5) is 5.69 Å². The van der Waals surface area contributed by atoms with Crippen molar-refractivity contribution in [3.8, 4) is 0 Å². The maximum Gasteiger partial charge on any atom is 0.251 e. The number of H-pyrrole nitrogens is 1. The largest absolute Gasteiger partial charge is 0.379 e. The molecule has 1 aliphatic rings. The topological polar surface area (TPSA) is 74.3 Å². The van der Waals surface area contributed by atoms with Crippen LogP contribution in [-0.2, 0) is 9.53 Å². The first kappa shape index (κ1) is 19.3. The molecule has 1 N–H and O–H groups in total. The van der Waals surface area contributed by atoms with E-state index in [0.717, 1.165) is 55.2 Å². The van der Waals surface area contributed by atoms with Gasteiger partial charge in [0.2, 0.25) is 0 Å². The van der Waals surface area contributed by atoms with Crippen LogP contribution in [-0.4, -0.2) is 65.4 Å². The molecule has 1 aliphatic heterocycles. The summed E-state index contributed by atoms with van der Waals surface area (Å²) in [4.78, 5) is 21.6. The summed E-state index contributed by atoms with van der Waals surface area (Å²) in [5, 5.41) is 8.15. The summed E-state index contributed by atoms with van der Waals surface area (Å²) in [6, 6.07) is 13.6. The van der Waals surface area contributed by atoms with Gasteiger partial charge in [0, 0.05) is 49.5 Å². The molecule has 150 valence electrons. The summed E-state index contributed by atoms with van der Waals surface area (Å²) in [6.07, 6.45) is 3.38. The van der Waals surface area contributed by atoms with Crippen molar-refractivity contribution in [1.29, 1.82) is 0 Å². The van der Waals surface area contributed by atoms with Gasteiger partial charge in [-0.15, -0.1) is 0 Å². The number of rotatable bonds is 6. The molecule has 3 aromatic rings. The number of anilines is 1. The Bertz CT molecular complexity index is 993. The number of ether oxygens (including phenoxy) is 1. The van der Waals surface area contributed by atoms with Gasteiger partial charge in [0.05, 0.1) is 18.9 Å². The highest BCUT2D eigenvalue weighted by atomic mass is 16.5. The molecule has 1 amide bonds. The van der Waals surface area contributed by atoms with Gasteiger partial charge >= 0.3 is 0 Å². The van der Waals surface area contributed by atoms with Gasteiger partial charge < -0.3 is 9.64 Å². The number of morpholine rings is 1. The van der Waals surface area contributed by atoms with E-state index >= 15 is 0 Å². The van der Waals surface area contributed by atoms with Crippen molar-refractivity contribution in [3.05, 3.63) is 60.4 Å². The number of nitrogens with one attached hydrogen (secondary N) is 1. The van der Waals surface area contributed by atoms with Gasteiger partial charge in [-0.1, -0.05) is 18.2 Å². The zero-order valence-corrected chi connectivity index (χ0v) is 16.5. The Morgan fingerprint density at radius 3 is 2.79 bits per heavy atom. The zero-order chi connectivity index (χ0) is 20.1. The lowest BCUT2D eigenvalue weighted by atomic mass is 10.1. The van der Waals surface area contributed by atoms with E-state index in [9.17, 15) is 4.79 Å². The molecule has 7 nitrogen and oxygen atoms in total. The number of amides is 1. The Morgan fingerprint density at radius 2 is 2.00 bits per heavy atom. The number of benzene rings is 1. The number of nitrogens with zero attached hydrogens (tertiary/aromatic N) is 4. The third-order valence-corrected chi connectivity index (χ3v) is 5.14. The molecule has 0 radical (unpaired) electrons. The van der Waals surface area contributed by atoms with E-state index in [-0.39, 0.29) is 5.91 Å². The first-order valence-electron chi connectivity index (χ1n) is 9.87. The lowest BCUT2D eigenvalue weighted by molar-refractivity contribution is -0.114. The number of carbonyl (C=O) groups is 1. The molecule has 0 saturated carbocycles. The number of aromatic nitrogens is 3. The van der Waals surface area contributed by atoms with Crippen LogP contribution < -0.4 is 4.90 Å². The Labute approximate surface area is 170 Å². The van der Waals surface area contributed by atoms with Gasteiger partial charge in [-0.3, -0.25) is 14.8 Å². The second-order valence-electron chi connectivity index (χ2n) is 7.08. The SMILES string of the molecule is C/C(=C\C(=O)N(CCN1CCOCC1)c1ccccc1)c1[nH]nc2ncccc12. The summed E-state index contributed by atoms with van der Waals surface area (Å²) in [7, 11) is 0. The number of fused-ring (bicyclic) bond motifs is 1. The predicted molar refractivity (Wildman–Crippen MR) is 114 cm³/mol. The fourth-order valence-electron chi connectivity index (χ4n) is 3.53. The number of aromatic amines is 1. The number of hydrogen-bond acceptors (Lipinski definition) is 5. The average molecular weight is 391 g/mol. The molecular weight excluding hydrogens is 366 g/mol. The van der Waals surface area contributed by atoms with Crippen LogP contribution in [0.2, 0.25) is 0 Å². The minimum Gasteiger partial charge on any atom is -0.379 e. The zero-order valence-electron chi connectivity index (χ0n) is 16.5. The maximum absolute atomic E-state index is 13.2. The van der Waals surface area contributed by atoms with Gasteiger partial charge in [-0.05, 0) is 36.8 Å². The van der Waals surface area contributed by atoms with Crippen LogP contribution >= 0.6 is 0 Å². The molecule has 1 fully saturated rings. The predicted octanol–water partition coefficient (Wildman–Crippen LogP) is 2.73. The van der Waals surface area contributed by atoms with Crippen LogP contribution in [0.3, 0.4) is 0 Å². The van der Waals surface area contributed by atoms with Crippen molar-refractivity contribution in [2.75, 3.05) is 44.3 Å². The molecule has 3 heterocycles. The molecule has 1 saturated heterocycles. The quantitative estimate of drug-likeness (QED) is 0.654. The van der Waals surface area contributed by atoms with Gasteiger partial charge in [-0.2, -0.15) is 5.10 Å². The third-order valence-electron chi connectivity index (χ3n) is 5.14. The molecule has 0 bridgehead atoms. The van der Waals surface area contributed by atoms with E-state index in [1.165, 1.54) is 0 Å². The highest BCUT2D eigenvalue weighted by Gasteiger charge is 2.18. The van der Waals surface area contributed by atoms with Crippen LogP contribution in [0.25, 0.3) is 16.6 Å². The van der Waals surface area contributed by atoms with Crippen molar-refractivity contribution >= 4 is 28.2 Å². The van der Waals surface area contributed by atoms with Crippen molar-refractivity contribution < 1.29 is 9.53 Å². The lowest BCUT2D eigenvalue weighted by Gasteiger charge is -2.29. The Kier molecular flexibility index (Phi) is 5.97. The molecular formula is C22H25N5O2. The van der Waals surface area contributed by atoms with Gasteiger partial charge in [-0.25, -0.2) is 4.98 Å². The van der Waals surface area contributed by atoms with Gasteiger partial charge in [0.15, 0.2) is 5.65 Å². The van der Waals surface area contributed by atoms with Crippen LogP contribution in [0, 0.1) is 0 Å². The second-order valence-corrected chi connectivity index (χ2v) is 7.08. The molecule has 0 spiro atoms. The van der Waals surface area contributed by atoms with E-state index in [0.29, 0.717) is 12.2 Å². The van der Waals surface area contributed by atoms with E-state index < -0.39 is 0 Å². The van der Waals surface area contributed by atoms with E-state index in [2.05, 4.69) is 20.1 Å². The number of carbonyl (C=O) groups excluding carboxylic acids is 1. The fourth-order valence-corrected chi connectivity index (χ4v) is 3.53. The van der Waals surface area contributed by atoms with E-state index in [4.69, 9.17) is 4.74 Å². The van der Waals surface area contributed by atoms with Crippen LogP contribution in [0.5, 0.6) is 0 Å². The van der Waals surface area contributed by atoms with E-state index in [1.54, 1.807) is 12.3 Å². The number of para-hydroxylation sites is 1. The van der Waals surface area contributed by atoms with Gasteiger partial charge in [0.1, 0.15) is 0 Å². The molecule has 2 aromatic heterocycles. The number of pyridine rings is 1. The molecule has 7 heteroatoms. The smallest absolute Gasteiger partial charge is 0.251 e. The molecule has 0 aliphatic carbocycles. The summed E-state index contributed by atoms with van der Waals surface area (Å²) >= 11 is 0. The maximum atomic E-state index is 13.2.